The van der Waals surface area contributed by atoms with Crippen LogP contribution in [0.2, 0.25) is 0 Å². The number of amides is 1. The highest BCUT2D eigenvalue weighted by atomic mass is 16.1. The molecular weight excluding hydrogens is 178 g/mol. The molecule has 0 saturated heterocycles. The molecule has 0 radical (unpaired) electrons. The Kier molecular flexibility index (Phi) is 2.10. The number of nitrogens with two attached hydrogens (primary N) is 1. The van der Waals surface area contributed by atoms with Crippen LogP contribution in [0.4, 0.5) is 0 Å². The fourth-order valence-electron chi connectivity index (χ4n) is 1.37. The highest BCUT2D eigenvalue weighted by Crippen LogP contribution is 2.13. The molecule has 0 bridgehead atoms. The fourth-order valence-corrected chi connectivity index (χ4v) is 1.37. The van der Waals surface area contributed by atoms with Crippen molar-refractivity contribution in [2.75, 3.05) is 0 Å². The number of rotatable bonds is 2. The van der Waals surface area contributed by atoms with Crippen LogP contribution >= 0.6 is 0 Å². The molecule has 2 N–H and O–H groups in total. The standard InChI is InChI=1S/C10H9N3O/c11-10(14)5-9-7-3-1-2-4-8(7)12-6-13-9/h1-4,6H,5H2,(H2,11,14). The van der Waals surface area contributed by atoms with Gasteiger partial charge in [-0.3, -0.25) is 4.79 Å². The van der Waals surface area contributed by atoms with E-state index in [0.717, 1.165) is 10.9 Å². The minimum atomic E-state index is -0.381. The Balaban J connectivity index is 2.59. The highest BCUT2D eigenvalue weighted by molar-refractivity contribution is 5.85. The fraction of sp³-hybridized carbons (Fsp3) is 0.100. The number of primary amides is 1. The summed E-state index contributed by atoms with van der Waals surface area (Å²) in [5.41, 5.74) is 6.63. The maximum atomic E-state index is 10.8. The largest absolute Gasteiger partial charge is 0.369 e. The summed E-state index contributed by atoms with van der Waals surface area (Å²) in [6.07, 6.45) is 1.60. The molecule has 0 aliphatic rings. The summed E-state index contributed by atoms with van der Waals surface area (Å²) in [6.45, 7) is 0. The molecule has 2 rings (SSSR count). The molecule has 0 atom stereocenters. The van der Waals surface area contributed by atoms with Crippen molar-refractivity contribution in [1.82, 2.24) is 9.97 Å². The third kappa shape index (κ3) is 1.54. The predicted molar refractivity (Wildman–Crippen MR) is 52.4 cm³/mol. The Labute approximate surface area is 80.8 Å². The van der Waals surface area contributed by atoms with E-state index < -0.39 is 0 Å². The van der Waals surface area contributed by atoms with E-state index in [-0.39, 0.29) is 12.3 Å². The van der Waals surface area contributed by atoms with Crippen LogP contribution in [0.15, 0.2) is 30.6 Å². The average molecular weight is 187 g/mol. The van der Waals surface area contributed by atoms with E-state index in [2.05, 4.69) is 9.97 Å². The predicted octanol–water partition coefficient (Wildman–Crippen LogP) is 0.658. The molecule has 0 unspecified atom stereocenters. The Bertz CT molecular complexity index is 476. The number of fused-ring (bicyclic) bond motifs is 1. The summed E-state index contributed by atoms with van der Waals surface area (Å²) < 4.78 is 0. The first-order valence-electron chi connectivity index (χ1n) is 4.24. The number of aromatic nitrogens is 2. The molecule has 1 amide bonds. The van der Waals surface area contributed by atoms with Crippen LogP contribution in [0.5, 0.6) is 0 Å². The quantitative estimate of drug-likeness (QED) is 0.750. The first-order valence-corrected chi connectivity index (χ1v) is 4.24. The molecule has 0 fully saturated rings. The van der Waals surface area contributed by atoms with Crippen molar-refractivity contribution < 1.29 is 4.79 Å². The molecule has 14 heavy (non-hydrogen) atoms. The smallest absolute Gasteiger partial charge is 0.223 e. The van der Waals surface area contributed by atoms with Gasteiger partial charge in [0, 0.05) is 5.39 Å². The lowest BCUT2D eigenvalue weighted by Crippen LogP contribution is -2.14. The molecule has 4 nitrogen and oxygen atoms in total. The lowest BCUT2D eigenvalue weighted by Gasteiger charge is -2.01. The molecule has 1 heterocycles. The van der Waals surface area contributed by atoms with Crippen molar-refractivity contribution in [3.05, 3.63) is 36.3 Å². The van der Waals surface area contributed by atoms with Crippen molar-refractivity contribution in [3.63, 3.8) is 0 Å². The molecule has 2 aromatic rings. The summed E-state index contributed by atoms with van der Waals surface area (Å²) in [4.78, 5) is 18.9. The van der Waals surface area contributed by atoms with Gasteiger partial charge in [0.2, 0.25) is 5.91 Å². The van der Waals surface area contributed by atoms with Gasteiger partial charge in [0.15, 0.2) is 0 Å². The van der Waals surface area contributed by atoms with Gasteiger partial charge in [-0.1, -0.05) is 18.2 Å². The summed E-state index contributed by atoms with van der Waals surface area (Å²) in [5, 5.41) is 0.883. The van der Waals surface area contributed by atoms with Gasteiger partial charge >= 0.3 is 0 Å². The third-order valence-electron chi connectivity index (χ3n) is 1.97. The Morgan fingerprint density at radius 3 is 2.86 bits per heavy atom. The number of hydrogen-bond acceptors (Lipinski definition) is 3. The highest BCUT2D eigenvalue weighted by Gasteiger charge is 2.04. The van der Waals surface area contributed by atoms with Gasteiger partial charge in [0.05, 0.1) is 17.6 Å². The van der Waals surface area contributed by atoms with E-state index in [0.29, 0.717) is 5.69 Å². The normalized spacial score (nSPS) is 10.3. The first-order chi connectivity index (χ1) is 6.77. The maximum absolute atomic E-state index is 10.8. The number of para-hydroxylation sites is 1. The van der Waals surface area contributed by atoms with E-state index in [1.165, 1.54) is 6.33 Å². The van der Waals surface area contributed by atoms with Crippen LogP contribution in [-0.4, -0.2) is 15.9 Å². The van der Waals surface area contributed by atoms with Crippen LogP contribution < -0.4 is 5.73 Å². The van der Waals surface area contributed by atoms with E-state index >= 15 is 0 Å². The lowest BCUT2D eigenvalue weighted by molar-refractivity contribution is -0.117. The zero-order chi connectivity index (χ0) is 9.97. The van der Waals surface area contributed by atoms with E-state index in [1.54, 1.807) is 0 Å². The van der Waals surface area contributed by atoms with Crippen LogP contribution in [0.25, 0.3) is 10.9 Å². The van der Waals surface area contributed by atoms with Crippen molar-refractivity contribution >= 4 is 16.8 Å². The summed E-state index contributed by atoms with van der Waals surface area (Å²) in [5.74, 6) is -0.381. The Morgan fingerprint density at radius 2 is 2.07 bits per heavy atom. The summed E-state index contributed by atoms with van der Waals surface area (Å²) >= 11 is 0. The average Bonchev–Trinajstić information content (AvgIpc) is 2.18. The first kappa shape index (κ1) is 8.62. The lowest BCUT2D eigenvalue weighted by atomic mass is 10.1. The van der Waals surface area contributed by atoms with Crippen molar-refractivity contribution in [2.45, 2.75) is 6.42 Å². The van der Waals surface area contributed by atoms with Gasteiger partial charge in [-0.25, -0.2) is 9.97 Å². The van der Waals surface area contributed by atoms with Gasteiger partial charge in [0.25, 0.3) is 0 Å². The van der Waals surface area contributed by atoms with Crippen LogP contribution in [0, 0.1) is 0 Å². The zero-order valence-corrected chi connectivity index (χ0v) is 7.47. The molecule has 0 aliphatic heterocycles. The third-order valence-corrected chi connectivity index (χ3v) is 1.97. The van der Waals surface area contributed by atoms with Crippen molar-refractivity contribution in [2.24, 2.45) is 5.73 Å². The van der Waals surface area contributed by atoms with E-state index in [9.17, 15) is 4.79 Å². The van der Waals surface area contributed by atoms with Crippen LogP contribution in [0.3, 0.4) is 0 Å². The molecule has 70 valence electrons. The minimum absolute atomic E-state index is 0.156. The van der Waals surface area contributed by atoms with E-state index in [1.807, 2.05) is 24.3 Å². The van der Waals surface area contributed by atoms with Crippen LogP contribution in [-0.2, 0) is 11.2 Å². The van der Waals surface area contributed by atoms with Gasteiger partial charge < -0.3 is 5.73 Å². The topological polar surface area (TPSA) is 68.9 Å². The van der Waals surface area contributed by atoms with Gasteiger partial charge in [0.1, 0.15) is 6.33 Å². The van der Waals surface area contributed by atoms with Gasteiger partial charge in [-0.05, 0) is 6.07 Å². The second-order valence-electron chi connectivity index (χ2n) is 2.98. The van der Waals surface area contributed by atoms with Gasteiger partial charge in [-0.2, -0.15) is 0 Å². The number of carbonyl (C=O) groups excluding carboxylic acids is 1. The van der Waals surface area contributed by atoms with Crippen molar-refractivity contribution in [1.29, 1.82) is 0 Å². The number of benzene rings is 1. The maximum Gasteiger partial charge on any atom is 0.223 e. The van der Waals surface area contributed by atoms with E-state index in [4.69, 9.17) is 5.73 Å². The molecule has 0 aliphatic carbocycles. The number of carbonyl (C=O) groups is 1. The Morgan fingerprint density at radius 1 is 1.29 bits per heavy atom. The molecular formula is C10H9N3O. The molecule has 4 heteroatoms. The zero-order valence-electron chi connectivity index (χ0n) is 7.47. The summed E-state index contributed by atoms with van der Waals surface area (Å²) in [7, 11) is 0. The van der Waals surface area contributed by atoms with Crippen LogP contribution in [0.1, 0.15) is 5.69 Å². The Hall–Kier alpha value is -1.97. The second kappa shape index (κ2) is 3.41. The van der Waals surface area contributed by atoms with Gasteiger partial charge in [-0.15, -0.1) is 0 Å². The molecule has 1 aromatic heterocycles. The number of nitrogens with zero attached hydrogens (tertiary/aromatic N) is 2. The minimum Gasteiger partial charge on any atom is -0.369 e. The second-order valence-corrected chi connectivity index (χ2v) is 2.98. The summed E-state index contributed by atoms with van der Waals surface area (Å²) in [6, 6.07) is 7.54. The molecule has 0 spiro atoms. The number of hydrogen-bond donors (Lipinski definition) is 1. The SMILES string of the molecule is NC(=O)Cc1ncnc2ccccc12. The molecule has 0 saturated carbocycles. The van der Waals surface area contributed by atoms with Crippen molar-refractivity contribution in [3.8, 4) is 0 Å². The monoisotopic (exact) mass is 187 g/mol. The molecule has 1 aromatic carbocycles.